The van der Waals surface area contributed by atoms with Crippen LogP contribution in [0.15, 0.2) is 48.7 Å². The van der Waals surface area contributed by atoms with E-state index in [1.54, 1.807) is 6.20 Å². The van der Waals surface area contributed by atoms with Crippen LogP contribution in [0.1, 0.15) is 16.8 Å². The molecule has 0 aliphatic carbocycles. The Morgan fingerprint density at radius 2 is 1.88 bits per heavy atom. The third-order valence-corrected chi connectivity index (χ3v) is 2.38. The van der Waals surface area contributed by atoms with Crippen LogP contribution in [0.25, 0.3) is 0 Å². The molecule has 2 rings (SSSR count). The molecule has 1 aromatic heterocycles. The highest BCUT2D eigenvalue weighted by molar-refractivity contribution is 5.94. The van der Waals surface area contributed by atoms with E-state index in [-0.39, 0.29) is 5.84 Å². The number of amidine groups is 1. The third kappa shape index (κ3) is 2.25. The van der Waals surface area contributed by atoms with Crippen LogP contribution in [-0.2, 0) is 6.42 Å². The average Bonchev–Trinajstić information content (AvgIpc) is 2.31. The number of nitrogens with zero attached hydrogens (tertiary/aromatic N) is 1. The van der Waals surface area contributed by atoms with Gasteiger partial charge < -0.3 is 5.73 Å². The van der Waals surface area contributed by atoms with Gasteiger partial charge in [0.1, 0.15) is 11.5 Å². The summed E-state index contributed by atoms with van der Waals surface area (Å²) in [6.45, 7) is 0. The second-order valence-electron chi connectivity index (χ2n) is 3.59. The first-order valence-corrected chi connectivity index (χ1v) is 5.09. The lowest BCUT2D eigenvalue weighted by atomic mass is 10.0. The molecule has 0 radical (unpaired) electrons. The first-order valence-electron chi connectivity index (χ1n) is 5.09. The summed E-state index contributed by atoms with van der Waals surface area (Å²) in [7, 11) is 0. The number of hydrogen-bond donors (Lipinski definition) is 2. The van der Waals surface area contributed by atoms with Crippen LogP contribution < -0.4 is 5.73 Å². The summed E-state index contributed by atoms with van der Waals surface area (Å²) in [4.78, 5) is 4.12. The van der Waals surface area contributed by atoms with Crippen molar-refractivity contribution in [3.05, 3.63) is 65.5 Å². The number of aromatic nitrogens is 1. The first-order chi connectivity index (χ1) is 7.77. The van der Waals surface area contributed by atoms with Gasteiger partial charge in [-0.15, -0.1) is 0 Å². The van der Waals surface area contributed by atoms with Crippen LogP contribution >= 0.6 is 0 Å². The normalized spacial score (nSPS) is 10.0. The van der Waals surface area contributed by atoms with Crippen molar-refractivity contribution in [1.82, 2.24) is 4.98 Å². The molecule has 0 bridgehead atoms. The molecule has 80 valence electrons. The van der Waals surface area contributed by atoms with E-state index in [2.05, 4.69) is 17.1 Å². The van der Waals surface area contributed by atoms with Gasteiger partial charge in [0.15, 0.2) is 0 Å². The van der Waals surface area contributed by atoms with Crippen LogP contribution in [0.5, 0.6) is 0 Å². The Morgan fingerprint density at radius 1 is 1.12 bits per heavy atom. The van der Waals surface area contributed by atoms with Crippen molar-refractivity contribution in [3.63, 3.8) is 0 Å². The van der Waals surface area contributed by atoms with E-state index in [0.29, 0.717) is 5.69 Å². The minimum atomic E-state index is 0.0199. The first kappa shape index (κ1) is 10.4. The SMILES string of the molecule is N=C(N)c1ncccc1Cc1ccccc1. The Kier molecular flexibility index (Phi) is 2.96. The molecule has 0 amide bonds. The lowest BCUT2D eigenvalue weighted by Crippen LogP contribution is -2.15. The fraction of sp³-hybridized carbons (Fsp3) is 0.0769. The van der Waals surface area contributed by atoms with Crippen LogP contribution in [0.4, 0.5) is 0 Å². The van der Waals surface area contributed by atoms with E-state index in [9.17, 15) is 0 Å². The molecule has 0 unspecified atom stereocenters. The van der Waals surface area contributed by atoms with E-state index >= 15 is 0 Å². The Bertz CT molecular complexity index is 492. The average molecular weight is 211 g/mol. The number of benzene rings is 1. The smallest absolute Gasteiger partial charge is 0.142 e. The fourth-order valence-corrected chi connectivity index (χ4v) is 1.64. The van der Waals surface area contributed by atoms with Crippen molar-refractivity contribution in [2.75, 3.05) is 0 Å². The van der Waals surface area contributed by atoms with Crippen molar-refractivity contribution in [2.45, 2.75) is 6.42 Å². The quantitative estimate of drug-likeness (QED) is 0.602. The van der Waals surface area contributed by atoms with E-state index in [1.165, 1.54) is 5.56 Å². The van der Waals surface area contributed by atoms with Gasteiger partial charge in [-0.2, -0.15) is 0 Å². The van der Waals surface area contributed by atoms with E-state index in [1.807, 2.05) is 30.3 Å². The summed E-state index contributed by atoms with van der Waals surface area (Å²) in [6.07, 6.45) is 2.41. The van der Waals surface area contributed by atoms with Gasteiger partial charge in [-0.05, 0) is 23.6 Å². The molecule has 0 atom stereocenters. The van der Waals surface area contributed by atoms with Crippen LogP contribution in [0.3, 0.4) is 0 Å². The van der Waals surface area contributed by atoms with Gasteiger partial charge in [0, 0.05) is 6.20 Å². The van der Waals surface area contributed by atoms with Crippen molar-refractivity contribution < 1.29 is 0 Å². The van der Waals surface area contributed by atoms with E-state index < -0.39 is 0 Å². The van der Waals surface area contributed by atoms with Gasteiger partial charge in [0.2, 0.25) is 0 Å². The molecule has 3 nitrogen and oxygen atoms in total. The van der Waals surface area contributed by atoms with Gasteiger partial charge >= 0.3 is 0 Å². The molecule has 16 heavy (non-hydrogen) atoms. The van der Waals surface area contributed by atoms with Crippen molar-refractivity contribution in [3.8, 4) is 0 Å². The Hall–Kier alpha value is -2.16. The zero-order valence-electron chi connectivity index (χ0n) is 8.85. The number of rotatable bonds is 3. The number of hydrogen-bond acceptors (Lipinski definition) is 2. The number of pyridine rings is 1. The summed E-state index contributed by atoms with van der Waals surface area (Å²) in [5.74, 6) is 0.0199. The molecule has 1 aromatic carbocycles. The Labute approximate surface area is 94.5 Å². The van der Waals surface area contributed by atoms with Crippen molar-refractivity contribution in [1.29, 1.82) is 5.41 Å². The standard InChI is InChI=1S/C13H13N3/c14-13(15)12-11(7-4-8-16-12)9-10-5-2-1-3-6-10/h1-8H,9H2,(H3,14,15). The molecular weight excluding hydrogens is 198 g/mol. The summed E-state index contributed by atoms with van der Waals surface area (Å²) in [5, 5.41) is 7.46. The van der Waals surface area contributed by atoms with Crippen LogP contribution in [0.2, 0.25) is 0 Å². The zero-order chi connectivity index (χ0) is 11.4. The molecule has 0 saturated carbocycles. The Balaban J connectivity index is 2.31. The largest absolute Gasteiger partial charge is 0.382 e. The lowest BCUT2D eigenvalue weighted by Gasteiger charge is -2.06. The van der Waals surface area contributed by atoms with Crippen molar-refractivity contribution in [2.24, 2.45) is 5.73 Å². The summed E-state index contributed by atoms with van der Waals surface area (Å²) >= 11 is 0. The van der Waals surface area contributed by atoms with E-state index in [0.717, 1.165) is 12.0 Å². The molecule has 2 aromatic rings. The van der Waals surface area contributed by atoms with Gasteiger partial charge in [0.05, 0.1) is 0 Å². The highest BCUT2D eigenvalue weighted by Gasteiger charge is 2.06. The monoisotopic (exact) mass is 211 g/mol. The molecule has 0 aliphatic rings. The maximum atomic E-state index is 7.46. The zero-order valence-corrected chi connectivity index (χ0v) is 8.85. The van der Waals surface area contributed by atoms with Gasteiger partial charge in [-0.3, -0.25) is 10.4 Å². The second kappa shape index (κ2) is 4.57. The minimum Gasteiger partial charge on any atom is -0.382 e. The summed E-state index contributed by atoms with van der Waals surface area (Å²) in [5.41, 5.74) is 8.24. The molecule has 0 spiro atoms. The number of nitrogens with two attached hydrogens (primary N) is 1. The molecule has 0 aliphatic heterocycles. The molecule has 1 heterocycles. The van der Waals surface area contributed by atoms with Crippen LogP contribution in [-0.4, -0.2) is 10.8 Å². The summed E-state index contributed by atoms with van der Waals surface area (Å²) < 4.78 is 0. The molecule has 0 saturated heterocycles. The molecular formula is C13H13N3. The topological polar surface area (TPSA) is 62.8 Å². The maximum Gasteiger partial charge on any atom is 0.142 e. The molecule has 3 N–H and O–H groups in total. The van der Waals surface area contributed by atoms with Gasteiger partial charge in [-0.25, -0.2) is 0 Å². The fourth-order valence-electron chi connectivity index (χ4n) is 1.64. The van der Waals surface area contributed by atoms with Crippen LogP contribution in [0, 0.1) is 5.41 Å². The second-order valence-corrected chi connectivity index (χ2v) is 3.59. The van der Waals surface area contributed by atoms with Gasteiger partial charge in [-0.1, -0.05) is 36.4 Å². The van der Waals surface area contributed by atoms with E-state index in [4.69, 9.17) is 11.1 Å². The predicted molar refractivity (Wildman–Crippen MR) is 64.5 cm³/mol. The Morgan fingerprint density at radius 3 is 2.56 bits per heavy atom. The minimum absolute atomic E-state index is 0.0199. The highest BCUT2D eigenvalue weighted by atomic mass is 14.8. The van der Waals surface area contributed by atoms with Gasteiger partial charge in [0.25, 0.3) is 0 Å². The molecule has 0 fully saturated rings. The molecule has 3 heteroatoms. The highest BCUT2D eigenvalue weighted by Crippen LogP contribution is 2.11. The van der Waals surface area contributed by atoms with Crippen molar-refractivity contribution >= 4 is 5.84 Å². The summed E-state index contributed by atoms with van der Waals surface area (Å²) in [6, 6.07) is 13.9. The maximum absolute atomic E-state index is 7.46. The lowest BCUT2D eigenvalue weighted by molar-refractivity contribution is 1.12. The predicted octanol–water partition coefficient (Wildman–Crippen LogP) is 1.96. The number of nitrogens with one attached hydrogen (secondary N) is 1. The third-order valence-electron chi connectivity index (χ3n) is 2.38. The number of nitrogen functional groups attached to an aromatic ring is 1.